The predicted molar refractivity (Wildman–Crippen MR) is 84.2 cm³/mol. The fraction of sp³-hybridized carbons (Fsp3) is 0.500. The first kappa shape index (κ1) is 15.2. The monoisotopic (exact) mass is 321 g/mol. The maximum Gasteiger partial charge on any atom is 0.312 e. The van der Waals surface area contributed by atoms with E-state index in [0.29, 0.717) is 25.3 Å². The summed E-state index contributed by atoms with van der Waals surface area (Å²) in [6.07, 6.45) is 2.28. The van der Waals surface area contributed by atoms with Gasteiger partial charge in [-0.25, -0.2) is 0 Å². The van der Waals surface area contributed by atoms with Gasteiger partial charge in [-0.3, -0.25) is 9.59 Å². The van der Waals surface area contributed by atoms with E-state index in [1.807, 2.05) is 30.5 Å². The van der Waals surface area contributed by atoms with Gasteiger partial charge in [0.1, 0.15) is 5.75 Å². The molecule has 0 saturated carbocycles. The summed E-state index contributed by atoms with van der Waals surface area (Å²) in [7, 11) is 0. The van der Waals surface area contributed by atoms with E-state index >= 15 is 0 Å². The number of nitrogens with zero attached hydrogens (tertiary/aromatic N) is 1. The van der Waals surface area contributed by atoms with Gasteiger partial charge in [0, 0.05) is 19.0 Å². The van der Waals surface area contributed by atoms with Crippen molar-refractivity contribution < 1.29 is 19.4 Å². The Bertz CT molecular complexity index is 606. The van der Waals surface area contributed by atoms with E-state index in [1.165, 1.54) is 11.8 Å². The molecule has 2 atom stereocenters. The van der Waals surface area contributed by atoms with Crippen LogP contribution in [0.1, 0.15) is 5.56 Å². The second kappa shape index (κ2) is 5.83. The number of carboxylic acid groups (broad SMARTS) is 1. The molecule has 2 aliphatic heterocycles. The third kappa shape index (κ3) is 2.45. The Kier molecular flexibility index (Phi) is 4.04. The van der Waals surface area contributed by atoms with Crippen LogP contribution in [-0.4, -0.2) is 53.6 Å². The van der Waals surface area contributed by atoms with E-state index in [4.69, 9.17) is 4.74 Å². The van der Waals surface area contributed by atoms with Crippen LogP contribution >= 0.6 is 11.8 Å². The van der Waals surface area contributed by atoms with Crippen molar-refractivity contribution in [3.05, 3.63) is 29.8 Å². The van der Waals surface area contributed by atoms with E-state index in [1.54, 1.807) is 4.90 Å². The molecule has 118 valence electrons. The number of hydrogen-bond acceptors (Lipinski definition) is 4. The number of ether oxygens (including phenoxy) is 1. The van der Waals surface area contributed by atoms with E-state index < -0.39 is 11.4 Å². The fourth-order valence-corrected chi connectivity index (χ4v) is 3.86. The minimum absolute atomic E-state index is 0.00878. The van der Waals surface area contributed by atoms with Crippen LogP contribution in [0.25, 0.3) is 0 Å². The summed E-state index contributed by atoms with van der Waals surface area (Å²) in [5.74, 6) is 0.148. The van der Waals surface area contributed by atoms with Crippen molar-refractivity contribution in [3.8, 4) is 5.75 Å². The molecule has 0 spiro atoms. The van der Waals surface area contributed by atoms with Crippen LogP contribution in [-0.2, 0) is 16.0 Å². The molecule has 6 heteroatoms. The lowest BCUT2D eigenvalue weighted by molar-refractivity contribution is -0.151. The number of amides is 1. The topological polar surface area (TPSA) is 66.8 Å². The number of aliphatic carboxylic acids is 1. The van der Waals surface area contributed by atoms with Gasteiger partial charge in [0.25, 0.3) is 0 Å². The summed E-state index contributed by atoms with van der Waals surface area (Å²) in [5, 5.41) is 9.88. The van der Waals surface area contributed by atoms with Crippen LogP contribution in [0.5, 0.6) is 5.75 Å². The Morgan fingerprint density at radius 3 is 2.95 bits per heavy atom. The molecular formula is C16H19NO4S. The number of para-hydroxylation sites is 1. The lowest BCUT2D eigenvalue weighted by atomic mass is 9.74. The number of hydrogen-bond donors (Lipinski definition) is 1. The first-order valence-corrected chi connectivity index (χ1v) is 8.67. The molecule has 1 aromatic carbocycles. The van der Waals surface area contributed by atoms with Crippen molar-refractivity contribution in [2.24, 2.45) is 11.3 Å². The van der Waals surface area contributed by atoms with E-state index in [-0.39, 0.29) is 18.4 Å². The highest BCUT2D eigenvalue weighted by molar-refractivity contribution is 7.99. The maximum absolute atomic E-state index is 12.2. The van der Waals surface area contributed by atoms with E-state index in [9.17, 15) is 14.7 Å². The number of thioether (sulfide) groups is 1. The van der Waals surface area contributed by atoms with Gasteiger partial charge in [-0.15, -0.1) is 0 Å². The number of benzene rings is 1. The molecule has 2 heterocycles. The van der Waals surface area contributed by atoms with Crippen molar-refractivity contribution in [2.75, 3.05) is 31.7 Å². The third-order valence-corrected chi connectivity index (χ3v) is 5.20. The van der Waals surface area contributed by atoms with Crippen molar-refractivity contribution >= 4 is 23.6 Å². The molecule has 5 nitrogen and oxygen atoms in total. The molecule has 1 aromatic rings. The normalized spacial score (nSPS) is 26.6. The second-order valence-electron chi connectivity index (χ2n) is 5.96. The molecular weight excluding hydrogens is 302 g/mol. The zero-order valence-corrected chi connectivity index (χ0v) is 13.3. The molecule has 22 heavy (non-hydrogen) atoms. The number of carboxylic acids is 1. The zero-order valence-electron chi connectivity index (χ0n) is 12.4. The average Bonchev–Trinajstić information content (AvgIpc) is 2.79. The average molecular weight is 321 g/mol. The second-order valence-corrected chi connectivity index (χ2v) is 6.83. The van der Waals surface area contributed by atoms with Gasteiger partial charge in [0.2, 0.25) is 5.91 Å². The van der Waals surface area contributed by atoms with Gasteiger partial charge in [-0.2, -0.15) is 11.8 Å². The molecule has 3 rings (SSSR count). The van der Waals surface area contributed by atoms with Crippen molar-refractivity contribution in [2.45, 2.75) is 6.42 Å². The van der Waals surface area contributed by atoms with Crippen LogP contribution in [0.4, 0.5) is 0 Å². The summed E-state index contributed by atoms with van der Waals surface area (Å²) in [5.41, 5.74) is -0.0349. The van der Waals surface area contributed by atoms with Crippen LogP contribution in [0.15, 0.2) is 24.3 Å². The molecule has 2 aliphatic rings. The van der Waals surface area contributed by atoms with Crippen LogP contribution < -0.4 is 4.74 Å². The Hall–Kier alpha value is -1.69. The summed E-state index contributed by atoms with van der Waals surface area (Å²) in [6.45, 7) is 1.07. The molecule has 1 N–H and O–H groups in total. The maximum atomic E-state index is 12.2. The standard InChI is InChI=1S/C16H19NO4S/c1-22-9-14(18)17-7-12-8-21-13-5-3-2-4-11(13)6-16(12,10-17)15(19)20/h2-5,12H,6-10H2,1H3,(H,19,20)/t12-,16+/m0/s1. The summed E-state index contributed by atoms with van der Waals surface area (Å²) < 4.78 is 5.82. The molecule has 0 radical (unpaired) electrons. The molecule has 1 fully saturated rings. The number of carbonyl (C=O) groups excluding carboxylic acids is 1. The molecule has 0 aliphatic carbocycles. The SMILES string of the molecule is CSCC(=O)N1C[C@H]2COc3ccccc3C[C@@]2(C(=O)O)C1. The molecule has 0 aromatic heterocycles. The molecule has 1 saturated heterocycles. The number of carbonyl (C=O) groups is 2. The molecule has 0 unspecified atom stereocenters. The predicted octanol–water partition coefficient (Wildman–Crippen LogP) is 1.51. The highest BCUT2D eigenvalue weighted by Gasteiger charge is 2.55. The van der Waals surface area contributed by atoms with Crippen molar-refractivity contribution in [3.63, 3.8) is 0 Å². The number of rotatable bonds is 3. The fourth-order valence-electron chi connectivity index (χ4n) is 3.43. The lowest BCUT2D eigenvalue weighted by Crippen LogP contribution is -2.42. The van der Waals surface area contributed by atoms with Gasteiger partial charge in [0.05, 0.1) is 17.8 Å². The first-order valence-electron chi connectivity index (χ1n) is 7.27. The lowest BCUT2D eigenvalue weighted by Gasteiger charge is -2.27. The Balaban J connectivity index is 1.93. The zero-order chi connectivity index (χ0) is 15.7. The van der Waals surface area contributed by atoms with E-state index in [2.05, 4.69) is 0 Å². The minimum atomic E-state index is -0.944. The molecule has 0 bridgehead atoms. The van der Waals surface area contributed by atoms with Gasteiger partial charge in [-0.05, 0) is 24.3 Å². The highest BCUT2D eigenvalue weighted by atomic mass is 32.2. The van der Waals surface area contributed by atoms with Crippen molar-refractivity contribution in [1.29, 1.82) is 0 Å². The van der Waals surface area contributed by atoms with Crippen LogP contribution in [0.2, 0.25) is 0 Å². The summed E-state index contributed by atoms with van der Waals surface area (Å²) in [4.78, 5) is 25.9. The van der Waals surface area contributed by atoms with Gasteiger partial charge in [-0.1, -0.05) is 18.2 Å². The van der Waals surface area contributed by atoms with Gasteiger partial charge >= 0.3 is 5.97 Å². The first-order chi connectivity index (χ1) is 10.6. The van der Waals surface area contributed by atoms with Gasteiger partial charge in [0.15, 0.2) is 0 Å². The smallest absolute Gasteiger partial charge is 0.312 e. The summed E-state index contributed by atoms with van der Waals surface area (Å²) in [6, 6.07) is 7.57. The largest absolute Gasteiger partial charge is 0.493 e. The highest BCUT2D eigenvalue weighted by Crippen LogP contribution is 2.44. The van der Waals surface area contributed by atoms with Crippen LogP contribution in [0.3, 0.4) is 0 Å². The third-order valence-electron chi connectivity index (χ3n) is 4.66. The summed E-state index contributed by atoms with van der Waals surface area (Å²) >= 11 is 1.46. The Morgan fingerprint density at radius 2 is 2.23 bits per heavy atom. The quantitative estimate of drug-likeness (QED) is 0.914. The minimum Gasteiger partial charge on any atom is -0.493 e. The Labute approximate surface area is 133 Å². The number of fused-ring (bicyclic) bond motifs is 2. The molecule has 1 amide bonds. The van der Waals surface area contributed by atoms with Crippen molar-refractivity contribution in [1.82, 2.24) is 4.90 Å². The van der Waals surface area contributed by atoms with Gasteiger partial charge < -0.3 is 14.7 Å². The Morgan fingerprint density at radius 1 is 1.45 bits per heavy atom. The van der Waals surface area contributed by atoms with Crippen LogP contribution in [0, 0.1) is 11.3 Å². The van der Waals surface area contributed by atoms with E-state index in [0.717, 1.165) is 11.3 Å². The number of likely N-dealkylation sites (tertiary alicyclic amines) is 1.